The number of anilines is 1. The summed E-state index contributed by atoms with van der Waals surface area (Å²) in [6.45, 7) is 11.4. The molecule has 0 aliphatic carbocycles. The summed E-state index contributed by atoms with van der Waals surface area (Å²) in [6, 6.07) is 10.4. The first-order valence-electron chi connectivity index (χ1n) is 9.82. The van der Waals surface area contributed by atoms with Crippen molar-refractivity contribution in [1.29, 1.82) is 0 Å². The lowest BCUT2D eigenvalue weighted by molar-refractivity contribution is 0.373. The first kappa shape index (κ1) is 21.5. The zero-order valence-corrected chi connectivity index (χ0v) is 17.6. The van der Waals surface area contributed by atoms with Crippen molar-refractivity contribution < 1.29 is 8.42 Å². The maximum atomic E-state index is 12.3. The summed E-state index contributed by atoms with van der Waals surface area (Å²) in [5.74, 6) is 0.855. The van der Waals surface area contributed by atoms with Gasteiger partial charge in [-0.2, -0.15) is 0 Å². The van der Waals surface area contributed by atoms with Crippen molar-refractivity contribution in [3.8, 4) is 0 Å². The Balaban J connectivity index is 1.94. The highest BCUT2D eigenvalue weighted by molar-refractivity contribution is 7.89. The SMILES string of the molecule is CCNC(=NCCS(=O)(=O)N(CC)CC)N1CCN(c2ccccc2)CC1. The third-order valence-electron chi connectivity index (χ3n) is 4.75. The van der Waals surface area contributed by atoms with E-state index in [1.54, 1.807) is 0 Å². The molecule has 8 heteroatoms. The number of nitrogens with zero attached hydrogens (tertiary/aromatic N) is 4. The minimum atomic E-state index is -3.24. The van der Waals surface area contributed by atoms with Gasteiger partial charge in [0.1, 0.15) is 0 Å². The van der Waals surface area contributed by atoms with Gasteiger partial charge in [-0.3, -0.25) is 4.99 Å². The topological polar surface area (TPSA) is 68.2 Å². The molecule has 0 aromatic heterocycles. The van der Waals surface area contributed by atoms with E-state index in [1.165, 1.54) is 9.99 Å². The van der Waals surface area contributed by atoms with Crippen LogP contribution in [0.25, 0.3) is 0 Å². The molecule has 1 aromatic carbocycles. The second kappa shape index (κ2) is 10.5. The predicted octanol–water partition coefficient (Wildman–Crippen LogP) is 1.45. The first-order valence-corrected chi connectivity index (χ1v) is 11.4. The number of nitrogens with one attached hydrogen (secondary N) is 1. The van der Waals surface area contributed by atoms with Crippen LogP contribution in [0, 0.1) is 0 Å². The second-order valence-electron chi connectivity index (χ2n) is 6.45. The molecule has 2 rings (SSSR count). The van der Waals surface area contributed by atoms with Gasteiger partial charge >= 0.3 is 0 Å². The fourth-order valence-electron chi connectivity index (χ4n) is 3.25. The molecule has 0 amide bonds. The minimum absolute atomic E-state index is 0.0492. The average Bonchev–Trinajstić information content (AvgIpc) is 2.69. The van der Waals surface area contributed by atoms with E-state index in [0.29, 0.717) is 13.1 Å². The Hall–Kier alpha value is -1.80. The average molecular weight is 396 g/mol. The molecular formula is C19H33N5O2S. The molecule has 0 unspecified atom stereocenters. The summed E-state index contributed by atoms with van der Waals surface area (Å²) in [7, 11) is -3.24. The fraction of sp³-hybridized carbons (Fsp3) is 0.632. The van der Waals surface area contributed by atoms with Gasteiger partial charge in [0.2, 0.25) is 10.0 Å². The van der Waals surface area contributed by atoms with E-state index in [9.17, 15) is 8.42 Å². The lowest BCUT2D eigenvalue weighted by Crippen LogP contribution is -2.52. The number of hydrogen-bond donors (Lipinski definition) is 1. The third kappa shape index (κ3) is 6.10. The molecule has 1 aliphatic heterocycles. The van der Waals surface area contributed by atoms with Crippen molar-refractivity contribution in [3.63, 3.8) is 0 Å². The number of sulfonamides is 1. The van der Waals surface area contributed by atoms with E-state index in [4.69, 9.17) is 0 Å². The smallest absolute Gasteiger partial charge is 0.215 e. The largest absolute Gasteiger partial charge is 0.368 e. The molecular weight excluding hydrogens is 362 g/mol. The highest BCUT2D eigenvalue weighted by Gasteiger charge is 2.21. The number of rotatable bonds is 8. The van der Waals surface area contributed by atoms with Crippen LogP contribution in [0.2, 0.25) is 0 Å². The molecule has 0 atom stereocenters. The number of benzene rings is 1. The van der Waals surface area contributed by atoms with Gasteiger partial charge in [-0.1, -0.05) is 32.0 Å². The molecule has 1 aliphatic rings. The van der Waals surface area contributed by atoms with Crippen molar-refractivity contribution in [3.05, 3.63) is 30.3 Å². The number of piperazine rings is 1. The zero-order valence-electron chi connectivity index (χ0n) is 16.8. The van der Waals surface area contributed by atoms with Crippen LogP contribution in [-0.4, -0.2) is 81.7 Å². The van der Waals surface area contributed by atoms with Gasteiger partial charge in [0.25, 0.3) is 0 Å². The molecule has 7 nitrogen and oxygen atoms in total. The van der Waals surface area contributed by atoms with Crippen molar-refractivity contribution in [2.75, 3.05) is 63.0 Å². The summed E-state index contributed by atoms with van der Waals surface area (Å²) in [6.07, 6.45) is 0. The Kier molecular flexibility index (Phi) is 8.37. The van der Waals surface area contributed by atoms with Gasteiger partial charge in [0, 0.05) is 51.5 Å². The lowest BCUT2D eigenvalue weighted by Gasteiger charge is -2.37. The molecule has 152 valence electrons. The van der Waals surface area contributed by atoms with Crippen LogP contribution < -0.4 is 10.2 Å². The second-order valence-corrected chi connectivity index (χ2v) is 8.53. The normalized spacial score (nSPS) is 16.1. The van der Waals surface area contributed by atoms with Crippen molar-refractivity contribution in [2.24, 2.45) is 4.99 Å². The number of para-hydroxylation sites is 1. The molecule has 27 heavy (non-hydrogen) atoms. The van der Waals surface area contributed by atoms with Crippen molar-refractivity contribution in [2.45, 2.75) is 20.8 Å². The summed E-state index contributed by atoms with van der Waals surface area (Å²) in [5, 5.41) is 3.30. The van der Waals surface area contributed by atoms with E-state index in [2.05, 4.69) is 44.4 Å². The third-order valence-corrected chi connectivity index (χ3v) is 6.75. The maximum absolute atomic E-state index is 12.3. The van der Waals surface area contributed by atoms with Crippen LogP contribution >= 0.6 is 0 Å². The summed E-state index contributed by atoms with van der Waals surface area (Å²) >= 11 is 0. The Morgan fingerprint density at radius 2 is 1.70 bits per heavy atom. The molecule has 0 saturated carbocycles. The van der Waals surface area contributed by atoms with Crippen LogP contribution in [0.15, 0.2) is 35.3 Å². The number of hydrogen-bond acceptors (Lipinski definition) is 4. The first-order chi connectivity index (χ1) is 13.0. The molecule has 0 spiro atoms. The van der Waals surface area contributed by atoms with Crippen molar-refractivity contribution >= 4 is 21.7 Å². The van der Waals surface area contributed by atoms with Crippen LogP contribution in [0.4, 0.5) is 5.69 Å². The molecule has 1 heterocycles. The zero-order chi connectivity index (χ0) is 19.7. The molecule has 1 fully saturated rings. The van der Waals surface area contributed by atoms with E-state index in [0.717, 1.165) is 38.7 Å². The predicted molar refractivity (Wildman–Crippen MR) is 113 cm³/mol. The highest BCUT2D eigenvalue weighted by atomic mass is 32.2. The van der Waals surface area contributed by atoms with Crippen LogP contribution in [0.1, 0.15) is 20.8 Å². The van der Waals surface area contributed by atoms with Gasteiger partial charge in [0.15, 0.2) is 5.96 Å². The van der Waals surface area contributed by atoms with Crippen LogP contribution in [-0.2, 0) is 10.0 Å². The molecule has 1 aromatic rings. The monoisotopic (exact) mass is 395 g/mol. The molecule has 0 bridgehead atoms. The van der Waals surface area contributed by atoms with Gasteiger partial charge in [-0.05, 0) is 19.1 Å². The van der Waals surface area contributed by atoms with Gasteiger partial charge in [0.05, 0.1) is 12.3 Å². The standard InChI is InChI=1S/C19H33N5O2S/c1-4-20-19(21-12-17-27(25,26)24(5-2)6-3)23-15-13-22(14-16-23)18-10-8-7-9-11-18/h7-11H,4-6,12-17H2,1-3H3,(H,20,21). The van der Waals surface area contributed by atoms with E-state index < -0.39 is 10.0 Å². The summed E-state index contributed by atoms with van der Waals surface area (Å²) < 4.78 is 26.1. The van der Waals surface area contributed by atoms with Gasteiger partial charge in [-0.25, -0.2) is 12.7 Å². The minimum Gasteiger partial charge on any atom is -0.368 e. The van der Waals surface area contributed by atoms with Crippen LogP contribution in [0.3, 0.4) is 0 Å². The maximum Gasteiger partial charge on any atom is 0.215 e. The number of aliphatic imine (C=N–C) groups is 1. The Labute approximate surface area is 164 Å². The lowest BCUT2D eigenvalue weighted by atomic mass is 10.2. The van der Waals surface area contributed by atoms with Crippen LogP contribution in [0.5, 0.6) is 0 Å². The Morgan fingerprint density at radius 3 is 2.26 bits per heavy atom. The molecule has 1 saturated heterocycles. The van der Waals surface area contributed by atoms with Gasteiger partial charge in [-0.15, -0.1) is 0 Å². The number of guanidine groups is 1. The van der Waals surface area contributed by atoms with E-state index >= 15 is 0 Å². The fourth-order valence-corrected chi connectivity index (χ4v) is 4.62. The van der Waals surface area contributed by atoms with Gasteiger partial charge < -0.3 is 15.1 Å². The van der Waals surface area contributed by atoms with Crippen molar-refractivity contribution in [1.82, 2.24) is 14.5 Å². The highest BCUT2D eigenvalue weighted by Crippen LogP contribution is 2.15. The molecule has 0 radical (unpaired) electrons. The van der Waals surface area contributed by atoms with E-state index in [1.807, 2.05) is 26.8 Å². The summed E-state index contributed by atoms with van der Waals surface area (Å²) in [5.41, 5.74) is 1.24. The molecule has 1 N–H and O–H groups in total. The van der Waals surface area contributed by atoms with E-state index in [-0.39, 0.29) is 12.3 Å². The Bertz CT molecular complexity index is 681. The summed E-state index contributed by atoms with van der Waals surface area (Å²) in [4.78, 5) is 9.16. The quantitative estimate of drug-likeness (QED) is 0.533. The Morgan fingerprint density at radius 1 is 1.07 bits per heavy atom.